The topological polar surface area (TPSA) is 85.7 Å². The highest BCUT2D eigenvalue weighted by molar-refractivity contribution is 6.33. The van der Waals surface area contributed by atoms with Gasteiger partial charge in [0.25, 0.3) is 5.69 Å². The minimum absolute atomic E-state index is 0. The van der Waals surface area contributed by atoms with E-state index in [-0.39, 0.29) is 18.1 Å². The van der Waals surface area contributed by atoms with E-state index < -0.39 is 4.92 Å². The van der Waals surface area contributed by atoms with Crippen LogP contribution in [-0.4, -0.2) is 32.2 Å². The first kappa shape index (κ1) is 23.1. The van der Waals surface area contributed by atoms with E-state index in [1.54, 1.807) is 13.2 Å². The Labute approximate surface area is 173 Å². The third-order valence-electron chi connectivity index (χ3n) is 3.60. The van der Waals surface area contributed by atoms with Gasteiger partial charge < -0.3 is 20.1 Å². The summed E-state index contributed by atoms with van der Waals surface area (Å²) >= 11 is 12.2. The van der Waals surface area contributed by atoms with Crippen molar-refractivity contribution in [3.63, 3.8) is 0 Å². The molecule has 0 aliphatic heterocycles. The summed E-state index contributed by atoms with van der Waals surface area (Å²) in [4.78, 5) is 10.2. The number of nitro benzene ring substituents is 1. The zero-order chi connectivity index (χ0) is 19.1. The lowest BCUT2D eigenvalue weighted by Crippen LogP contribution is -2.22. The van der Waals surface area contributed by atoms with Gasteiger partial charge in [0.1, 0.15) is 0 Å². The molecule has 0 aliphatic carbocycles. The van der Waals surface area contributed by atoms with Gasteiger partial charge in [0.2, 0.25) is 0 Å². The molecule has 0 saturated carbocycles. The average molecular weight is 437 g/mol. The summed E-state index contributed by atoms with van der Waals surface area (Å²) in [5, 5.41) is 17.9. The molecule has 2 aromatic carbocycles. The van der Waals surface area contributed by atoms with Gasteiger partial charge in [-0.1, -0.05) is 23.2 Å². The number of hydrogen-bond acceptors (Lipinski definition) is 6. The van der Waals surface area contributed by atoms with Crippen LogP contribution in [0.25, 0.3) is 0 Å². The quantitative estimate of drug-likeness (QED) is 0.341. The van der Waals surface area contributed by atoms with E-state index in [2.05, 4.69) is 10.6 Å². The van der Waals surface area contributed by atoms with E-state index in [4.69, 9.17) is 32.7 Å². The Balaban J connectivity index is 0.00000364. The number of nitro groups is 1. The minimum atomic E-state index is -0.481. The Morgan fingerprint density at radius 2 is 1.81 bits per heavy atom. The van der Waals surface area contributed by atoms with E-state index in [1.807, 2.05) is 12.1 Å². The van der Waals surface area contributed by atoms with Crippen molar-refractivity contribution >= 4 is 47.0 Å². The zero-order valence-electron chi connectivity index (χ0n) is 14.8. The van der Waals surface area contributed by atoms with Crippen LogP contribution in [0.5, 0.6) is 11.5 Å². The number of nitrogens with zero attached hydrogens (tertiary/aromatic N) is 1. The molecule has 2 N–H and O–H groups in total. The normalized spacial score (nSPS) is 10.1. The Morgan fingerprint density at radius 1 is 1.07 bits per heavy atom. The fraction of sp³-hybridized carbons (Fsp3) is 0.294. The maximum atomic E-state index is 10.7. The number of anilines is 1. The van der Waals surface area contributed by atoms with Crippen LogP contribution < -0.4 is 20.1 Å². The molecule has 2 aromatic rings. The van der Waals surface area contributed by atoms with Crippen LogP contribution >= 0.6 is 35.6 Å². The van der Waals surface area contributed by atoms with Gasteiger partial charge in [0, 0.05) is 31.8 Å². The molecular formula is C17H20Cl3N3O4. The van der Waals surface area contributed by atoms with Gasteiger partial charge in [0.15, 0.2) is 11.5 Å². The zero-order valence-corrected chi connectivity index (χ0v) is 17.1. The van der Waals surface area contributed by atoms with Crippen LogP contribution in [0.4, 0.5) is 11.4 Å². The number of ether oxygens (including phenoxy) is 2. The Kier molecular flexibility index (Phi) is 9.45. The van der Waals surface area contributed by atoms with Crippen molar-refractivity contribution in [1.82, 2.24) is 5.32 Å². The monoisotopic (exact) mass is 435 g/mol. The van der Waals surface area contributed by atoms with E-state index in [0.717, 1.165) is 5.56 Å². The second kappa shape index (κ2) is 11.0. The van der Waals surface area contributed by atoms with Crippen molar-refractivity contribution in [3.05, 3.63) is 56.1 Å². The number of halogens is 3. The number of non-ortho nitro benzene ring substituents is 1. The second-order valence-electron chi connectivity index (χ2n) is 5.34. The molecule has 0 atom stereocenters. The first-order chi connectivity index (χ1) is 12.5. The maximum Gasteiger partial charge on any atom is 0.271 e. The summed E-state index contributed by atoms with van der Waals surface area (Å²) in [5.41, 5.74) is 1.57. The van der Waals surface area contributed by atoms with Crippen molar-refractivity contribution < 1.29 is 14.4 Å². The van der Waals surface area contributed by atoms with Crippen LogP contribution in [-0.2, 0) is 6.54 Å². The van der Waals surface area contributed by atoms with Gasteiger partial charge in [0.05, 0.1) is 34.9 Å². The first-order valence-corrected chi connectivity index (χ1v) is 8.50. The molecule has 0 heterocycles. The average Bonchev–Trinajstić information content (AvgIpc) is 2.61. The molecule has 0 radical (unpaired) electrons. The SMILES string of the molecule is COc1cc(CNCCNc2ccc([N+](=O)[O-])cc2Cl)cc(Cl)c1OC.Cl. The van der Waals surface area contributed by atoms with Crippen LogP contribution in [0, 0.1) is 10.1 Å². The van der Waals surface area contributed by atoms with E-state index in [1.165, 1.54) is 19.2 Å². The molecule has 0 fully saturated rings. The summed E-state index contributed by atoms with van der Waals surface area (Å²) in [6.45, 7) is 1.84. The molecule has 7 nitrogen and oxygen atoms in total. The highest BCUT2D eigenvalue weighted by atomic mass is 35.5. The molecule has 0 saturated heterocycles. The van der Waals surface area contributed by atoms with Crippen molar-refractivity contribution in [2.24, 2.45) is 0 Å². The van der Waals surface area contributed by atoms with Crippen LogP contribution in [0.3, 0.4) is 0 Å². The highest BCUT2D eigenvalue weighted by Crippen LogP contribution is 2.35. The number of hydrogen-bond donors (Lipinski definition) is 2. The Bertz CT molecular complexity index is 790. The molecule has 0 spiro atoms. The van der Waals surface area contributed by atoms with Gasteiger partial charge in [-0.15, -0.1) is 12.4 Å². The standard InChI is InChI=1S/C17H19Cl2N3O4.ClH/c1-25-16-8-11(7-14(19)17(16)26-2)10-20-5-6-21-15-4-3-12(22(23)24)9-13(15)18;/h3-4,7-9,20-21H,5-6,10H2,1-2H3;1H. The van der Waals surface area contributed by atoms with Gasteiger partial charge in [-0.25, -0.2) is 0 Å². The second-order valence-corrected chi connectivity index (χ2v) is 6.15. The van der Waals surface area contributed by atoms with Crippen LogP contribution in [0.2, 0.25) is 10.0 Å². The predicted octanol–water partition coefficient (Wildman–Crippen LogP) is 4.54. The van der Waals surface area contributed by atoms with Crippen molar-refractivity contribution in [2.45, 2.75) is 6.54 Å². The lowest BCUT2D eigenvalue weighted by Gasteiger charge is -2.13. The molecule has 0 amide bonds. The summed E-state index contributed by atoms with van der Waals surface area (Å²) < 4.78 is 10.5. The van der Waals surface area contributed by atoms with Crippen LogP contribution in [0.1, 0.15) is 5.56 Å². The fourth-order valence-electron chi connectivity index (χ4n) is 2.35. The smallest absolute Gasteiger partial charge is 0.271 e. The lowest BCUT2D eigenvalue weighted by atomic mass is 10.2. The molecule has 148 valence electrons. The fourth-order valence-corrected chi connectivity index (χ4v) is 2.90. The molecule has 0 bridgehead atoms. The van der Waals surface area contributed by atoms with Gasteiger partial charge >= 0.3 is 0 Å². The summed E-state index contributed by atoms with van der Waals surface area (Å²) in [6, 6.07) is 8.00. The Morgan fingerprint density at radius 3 is 2.41 bits per heavy atom. The van der Waals surface area contributed by atoms with E-state index >= 15 is 0 Å². The predicted molar refractivity (Wildman–Crippen MR) is 110 cm³/mol. The summed E-state index contributed by atoms with van der Waals surface area (Å²) in [5.74, 6) is 1.08. The minimum Gasteiger partial charge on any atom is -0.493 e. The maximum absolute atomic E-state index is 10.7. The molecule has 10 heteroatoms. The first-order valence-electron chi connectivity index (χ1n) is 7.75. The molecule has 27 heavy (non-hydrogen) atoms. The molecule has 0 aromatic heterocycles. The summed E-state index contributed by atoms with van der Waals surface area (Å²) in [7, 11) is 3.10. The highest BCUT2D eigenvalue weighted by Gasteiger charge is 2.11. The van der Waals surface area contributed by atoms with Crippen molar-refractivity contribution in [1.29, 1.82) is 0 Å². The molecule has 0 unspecified atom stereocenters. The number of nitrogens with one attached hydrogen (secondary N) is 2. The molecular weight excluding hydrogens is 417 g/mol. The van der Waals surface area contributed by atoms with Crippen LogP contribution in [0.15, 0.2) is 30.3 Å². The van der Waals surface area contributed by atoms with E-state index in [9.17, 15) is 10.1 Å². The largest absolute Gasteiger partial charge is 0.493 e. The lowest BCUT2D eigenvalue weighted by molar-refractivity contribution is -0.384. The molecule has 2 rings (SSSR count). The Hall–Kier alpha value is -1.93. The van der Waals surface area contributed by atoms with Gasteiger partial charge in [-0.2, -0.15) is 0 Å². The van der Waals surface area contributed by atoms with Gasteiger partial charge in [-0.05, 0) is 23.8 Å². The summed E-state index contributed by atoms with van der Waals surface area (Å²) in [6.07, 6.45) is 0. The number of benzene rings is 2. The van der Waals surface area contributed by atoms with E-state index in [0.29, 0.717) is 46.9 Å². The van der Waals surface area contributed by atoms with Crippen molar-refractivity contribution in [3.8, 4) is 11.5 Å². The third kappa shape index (κ3) is 6.32. The third-order valence-corrected chi connectivity index (χ3v) is 4.20. The molecule has 0 aliphatic rings. The number of rotatable bonds is 9. The number of methoxy groups -OCH3 is 2. The van der Waals surface area contributed by atoms with Gasteiger partial charge in [-0.3, -0.25) is 10.1 Å². The van der Waals surface area contributed by atoms with Crippen molar-refractivity contribution in [2.75, 3.05) is 32.6 Å².